The van der Waals surface area contributed by atoms with E-state index in [1.54, 1.807) is 0 Å². The van der Waals surface area contributed by atoms with Gasteiger partial charge in [0.05, 0.1) is 15.6 Å². The molecule has 0 bridgehead atoms. The van der Waals surface area contributed by atoms with Crippen molar-refractivity contribution < 1.29 is 50.1 Å². The summed E-state index contributed by atoms with van der Waals surface area (Å²) in [4.78, 5) is 37.3. The molecule has 0 spiro atoms. The van der Waals surface area contributed by atoms with Crippen molar-refractivity contribution in [1.29, 1.82) is 0 Å². The third kappa shape index (κ3) is 18.1. The average molecular weight is 247 g/mol. The Morgan fingerprint density at radius 2 is 1.09 bits per heavy atom. The fourth-order valence-corrected chi connectivity index (χ4v) is 1.10. The smallest absolute Gasteiger partial charge is 0.790 e. The summed E-state index contributed by atoms with van der Waals surface area (Å²) in [6.45, 7) is 0. The van der Waals surface area contributed by atoms with Gasteiger partial charge in [0.25, 0.3) is 0 Å². The van der Waals surface area contributed by atoms with Gasteiger partial charge in [-0.05, 0) is 0 Å². The molecule has 69 valence electrons. The van der Waals surface area contributed by atoms with E-state index in [1.807, 2.05) is 0 Å². The second-order valence-electron chi connectivity index (χ2n) is 0.976. The van der Waals surface area contributed by atoms with E-state index in [4.69, 9.17) is 0 Å². The molecule has 0 rings (SSSR count). The van der Waals surface area contributed by atoms with Crippen LogP contribution in [0.3, 0.4) is 0 Å². The Kier molecular flexibility index (Phi) is 8.70. The van der Waals surface area contributed by atoms with E-state index in [9.17, 15) is 28.7 Å². The molecular formula is H4MnNO7P2-. The van der Waals surface area contributed by atoms with Crippen LogP contribution in [0.4, 0.5) is 0 Å². The minimum absolute atomic E-state index is 0. The molecule has 0 unspecified atom stereocenters. The van der Waals surface area contributed by atoms with Gasteiger partial charge < -0.3 is 39.2 Å². The summed E-state index contributed by atoms with van der Waals surface area (Å²) >= 11 is 0. The standard InChI is InChI=1S/Mn.H3N.H4O7P2/c;;1-8(2,3)7-9(4,5)6/h;1H3;(H2,1,2,3)(H2,4,5,6)/q+2;;/p-3. The number of quaternary nitrogens is 1. The molecule has 0 aromatic heterocycles. The first kappa shape index (κ1) is 17.7. The number of hydrogen-bond acceptors (Lipinski definition) is 7. The molecule has 4 N–H and O–H groups in total. The average Bonchev–Trinajstić information content (AvgIpc) is 1.14. The molecule has 8 nitrogen and oxygen atoms in total. The molecule has 0 aromatic rings. The SMILES string of the molecule is O=P([O-])([O-])OP(=O)([O-])[O-].[Mn+2].[NH4+]. The van der Waals surface area contributed by atoms with Crippen molar-refractivity contribution in [2.24, 2.45) is 0 Å². The van der Waals surface area contributed by atoms with Crippen LogP contribution in [0.1, 0.15) is 0 Å². The molecule has 11 heteroatoms. The van der Waals surface area contributed by atoms with E-state index < -0.39 is 15.6 Å². The maximum Gasteiger partial charge on any atom is 2.00 e. The topological polar surface area (TPSA) is 172 Å². The van der Waals surface area contributed by atoms with Gasteiger partial charge in [-0.2, -0.15) is 0 Å². The van der Waals surface area contributed by atoms with Gasteiger partial charge in [0.1, 0.15) is 0 Å². The van der Waals surface area contributed by atoms with Gasteiger partial charge in [0.2, 0.25) is 0 Å². The van der Waals surface area contributed by atoms with Crippen molar-refractivity contribution in [1.82, 2.24) is 6.15 Å². The quantitative estimate of drug-likeness (QED) is 0.400. The Labute approximate surface area is 72.5 Å². The molecule has 0 saturated carbocycles. The number of hydrogen-bond donors (Lipinski definition) is 1. The van der Waals surface area contributed by atoms with E-state index in [2.05, 4.69) is 4.31 Å². The third-order valence-electron chi connectivity index (χ3n) is 0.200. The second-order valence-corrected chi connectivity index (χ2v) is 3.42. The number of phosphoric acid groups is 2. The van der Waals surface area contributed by atoms with Gasteiger partial charge in [-0.25, -0.2) is 0 Å². The van der Waals surface area contributed by atoms with Crippen LogP contribution in [0, 0.1) is 0 Å². The molecule has 0 aliphatic rings. The van der Waals surface area contributed by atoms with Crippen LogP contribution in [0.15, 0.2) is 0 Å². The molecule has 0 aliphatic carbocycles. The first-order chi connectivity index (χ1) is 3.71. The van der Waals surface area contributed by atoms with Crippen molar-refractivity contribution in [3.05, 3.63) is 0 Å². The van der Waals surface area contributed by atoms with E-state index in [0.717, 1.165) is 0 Å². The zero-order chi connectivity index (χ0) is 7.71. The minimum Gasteiger partial charge on any atom is -0.790 e. The minimum atomic E-state index is -5.68. The maximum absolute atomic E-state index is 9.32. The summed E-state index contributed by atoms with van der Waals surface area (Å²) in [5.74, 6) is 0. The molecule has 0 amide bonds. The molecule has 0 fully saturated rings. The monoisotopic (exact) mass is 247 g/mol. The van der Waals surface area contributed by atoms with Crippen molar-refractivity contribution >= 4 is 15.6 Å². The first-order valence-electron chi connectivity index (χ1n) is 1.46. The molecule has 0 aromatic carbocycles. The van der Waals surface area contributed by atoms with Crippen LogP contribution >= 0.6 is 15.6 Å². The molecular weight excluding hydrogens is 243 g/mol. The maximum atomic E-state index is 9.32. The van der Waals surface area contributed by atoms with Crippen LogP contribution in [-0.4, -0.2) is 0 Å². The third-order valence-corrected chi connectivity index (χ3v) is 1.80. The zero-order valence-corrected chi connectivity index (χ0v) is 8.10. The van der Waals surface area contributed by atoms with Gasteiger partial charge in [-0.1, -0.05) is 0 Å². The van der Waals surface area contributed by atoms with E-state index in [0.29, 0.717) is 0 Å². The second kappa shape index (κ2) is 5.40. The van der Waals surface area contributed by atoms with Gasteiger partial charge >= 0.3 is 17.1 Å². The molecule has 0 saturated heterocycles. The summed E-state index contributed by atoms with van der Waals surface area (Å²) in [7, 11) is -11.4. The normalized spacial score (nSPS) is 11.3. The Morgan fingerprint density at radius 1 is 0.909 bits per heavy atom. The van der Waals surface area contributed by atoms with E-state index in [-0.39, 0.29) is 23.2 Å². The predicted octanol–water partition coefficient (Wildman–Crippen LogP) is -2.97. The molecule has 1 radical (unpaired) electrons. The fourth-order valence-electron chi connectivity index (χ4n) is 0.122. The Balaban J connectivity index is -0.000000320. The van der Waals surface area contributed by atoms with Crippen LogP contribution in [0.5, 0.6) is 0 Å². The van der Waals surface area contributed by atoms with Crippen LogP contribution in [0.2, 0.25) is 0 Å². The van der Waals surface area contributed by atoms with Crippen LogP contribution in [0.25, 0.3) is 0 Å². The van der Waals surface area contributed by atoms with Gasteiger partial charge in [-0.15, -0.1) is 0 Å². The van der Waals surface area contributed by atoms with Crippen molar-refractivity contribution in [2.75, 3.05) is 0 Å². The zero-order valence-electron chi connectivity index (χ0n) is 5.13. The Bertz CT molecular complexity index is 157. The molecule has 0 aliphatic heterocycles. The Morgan fingerprint density at radius 3 is 1.09 bits per heavy atom. The fraction of sp³-hybridized carbons (Fsp3) is 0. The summed E-state index contributed by atoms with van der Waals surface area (Å²) in [5, 5.41) is 0. The van der Waals surface area contributed by atoms with Crippen molar-refractivity contribution in [2.45, 2.75) is 0 Å². The molecule has 0 heterocycles. The summed E-state index contributed by atoms with van der Waals surface area (Å²) in [5.41, 5.74) is 0. The van der Waals surface area contributed by atoms with Crippen molar-refractivity contribution in [3.63, 3.8) is 0 Å². The van der Waals surface area contributed by atoms with Gasteiger partial charge in [0.15, 0.2) is 0 Å². The summed E-state index contributed by atoms with van der Waals surface area (Å²) in [6.07, 6.45) is 0. The Hall–Kier alpha value is 0.739. The van der Waals surface area contributed by atoms with Gasteiger partial charge in [-0.3, -0.25) is 0 Å². The summed E-state index contributed by atoms with van der Waals surface area (Å²) < 4.78 is 21.2. The van der Waals surface area contributed by atoms with Crippen LogP contribution in [-0.2, 0) is 30.5 Å². The largest absolute Gasteiger partial charge is 2.00 e. The van der Waals surface area contributed by atoms with Crippen molar-refractivity contribution in [3.8, 4) is 0 Å². The van der Waals surface area contributed by atoms with Gasteiger partial charge in [0, 0.05) is 0 Å². The van der Waals surface area contributed by atoms with E-state index >= 15 is 0 Å². The first-order valence-corrected chi connectivity index (χ1v) is 4.38. The van der Waals surface area contributed by atoms with Crippen LogP contribution < -0.4 is 25.7 Å². The van der Waals surface area contributed by atoms with E-state index in [1.165, 1.54) is 0 Å². The summed E-state index contributed by atoms with van der Waals surface area (Å²) in [6, 6.07) is 0. The number of rotatable bonds is 2. The molecule has 11 heavy (non-hydrogen) atoms. The predicted molar refractivity (Wildman–Crippen MR) is 22.3 cm³/mol. The molecule has 0 atom stereocenters.